The fourth-order valence-corrected chi connectivity index (χ4v) is 1.76. The average molecular weight is 358 g/mol. The van der Waals surface area contributed by atoms with Crippen molar-refractivity contribution in [3.8, 4) is 0 Å². The fourth-order valence-electron chi connectivity index (χ4n) is 1.55. The van der Waals surface area contributed by atoms with E-state index in [1.165, 1.54) is 18.2 Å². The van der Waals surface area contributed by atoms with E-state index in [4.69, 9.17) is 26.8 Å². The summed E-state index contributed by atoms with van der Waals surface area (Å²) >= 11 is 5.84. The van der Waals surface area contributed by atoms with Crippen LogP contribution < -0.4 is 5.73 Å². The van der Waals surface area contributed by atoms with Crippen molar-refractivity contribution in [2.75, 3.05) is 13.2 Å². The van der Waals surface area contributed by atoms with E-state index in [0.717, 1.165) is 6.21 Å². The molecule has 1 aromatic carbocycles. The van der Waals surface area contributed by atoms with E-state index in [0.29, 0.717) is 0 Å². The molecule has 0 saturated heterocycles. The van der Waals surface area contributed by atoms with Crippen LogP contribution in [0.15, 0.2) is 39.9 Å². The molecule has 1 rings (SSSR count). The van der Waals surface area contributed by atoms with Gasteiger partial charge in [0.15, 0.2) is 11.4 Å². The smallest absolute Gasteiger partial charge is 0.349 e. The molecule has 0 unspecified atom stereocenters. The number of aliphatic hydroxyl groups is 1. The molecule has 0 saturated carbocycles. The molecule has 0 atom stereocenters. The lowest BCUT2D eigenvalue weighted by atomic mass is 10.2. The van der Waals surface area contributed by atoms with Crippen molar-refractivity contribution in [1.29, 1.82) is 0 Å². The number of halogens is 2. The van der Waals surface area contributed by atoms with Gasteiger partial charge in [-0.2, -0.15) is 5.10 Å². The van der Waals surface area contributed by atoms with Crippen LogP contribution in [0.4, 0.5) is 4.39 Å². The molecule has 0 bridgehead atoms. The van der Waals surface area contributed by atoms with Gasteiger partial charge < -0.3 is 20.3 Å². The number of hydrogen-bond acceptors (Lipinski definition) is 6. The van der Waals surface area contributed by atoms with Crippen molar-refractivity contribution >= 4 is 29.6 Å². The Hall–Kier alpha value is -2.61. The Morgan fingerprint density at radius 2 is 2.04 bits per heavy atom. The van der Waals surface area contributed by atoms with Gasteiger partial charge in [0.25, 0.3) is 5.95 Å². The highest BCUT2D eigenvalue weighted by Crippen LogP contribution is 2.16. The molecule has 0 amide bonds. The van der Waals surface area contributed by atoms with Gasteiger partial charge in [-0.15, -0.1) is 5.10 Å². The zero-order valence-corrected chi connectivity index (χ0v) is 13.9. The zero-order valence-electron chi connectivity index (χ0n) is 13.1. The van der Waals surface area contributed by atoms with E-state index in [1.54, 1.807) is 13.8 Å². The molecule has 0 radical (unpaired) electrons. The molecule has 0 spiro atoms. The van der Waals surface area contributed by atoms with Gasteiger partial charge in [0.2, 0.25) is 0 Å². The SMILES string of the molecule is CCOC(=O)C(/C(N)=N/N=C/c1c(F)cccc1Cl)=C(/O)OCC. The van der Waals surface area contributed by atoms with Crippen molar-refractivity contribution in [2.24, 2.45) is 15.9 Å². The molecule has 0 fully saturated rings. The lowest BCUT2D eigenvalue weighted by Crippen LogP contribution is -2.25. The van der Waals surface area contributed by atoms with E-state index in [9.17, 15) is 14.3 Å². The number of benzene rings is 1. The van der Waals surface area contributed by atoms with Gasteiger partial charge in [-0.1, -0.05) is 17.7 Å². The van der Waals surface area contributed by atoms with Crippen LogP contribution in [-0.2, 0) is 14.3 Å². The summed E-state index contributed by atoms with van der Waals surface area (Å²) in [6.45, 7) is 3.34. The highest BCUT2D eigenvalue weighted by atomic mass is 35.5. The fraction of sp³-hybridized carbons (Fsp3) is 0.267. The second-order valence-corrected chi connectivity index (χ2v) is 4.61. The molecule has 9 heteroatoms. The van der Waals surface area contributed by atoms with Crippen molar-refractivity contribution in [2.45, 2.75) is 13.8 Å². The standard InChI is InChI=1S/C15H17ClFN3O4/c1-3-23-14(21)12(15(22)24-4-2)13(18)20-19-8-9-10(16)6-5-7-11(9)17/h5-8,21H,3-4H2,1-2H3,(H2,18,20)/b14-12-,19-8+. The van der Waals surface area contributed by atoms with E-state index >= 15 is 0 Å². The molecular weight excluding hydrogens is 341 g/mol. The van der Waals surface area contributed by atoms with E-state index in [1.807, 2.05) is 0 Å². The van der Waals surface area contributed by atoms with E-state index in [-0.39, 0.29) is 23.8 Å². The summed E-state index contributed by atoms with van der Waals surface area (Å²) in [5.74, 6) is -2.72. The molecule has 130 valence electrons. The highest BCUT2D eigenvalue weighted by molar-refractivity contribution is 6.33. The molecule has 7 nitrogen and oxygen atoms in total. The predicted molar refractivity (Wildman–Crippen MR) is 88.5 cm³/mol. The molecule has 1 aromatic rings. The van der Waals surface area contributed by atoms with Crippen LogP contribution in [0.5, 0.6) is 0 Å². The number of nitrogens with two attached hydrogens (primary N) is 1. The number of rotatable bonds is 7. The van der Waals surface area contributed by atoms with Gasteiger partial charge in [0.05, 0.1) is 24.5 Å². The van der Waals surface area contributed by atoms with Gasteiger partial charge in [0.1, 0.15) is 5.82 Å². The number of carbonyl (C=O) groups is 1. The van der Waals surface area contributed by atoms with Gasteiger partial charge in [-0.3, -0.25) is 0 Å². The molecule has 0 aliphatic rings. The quantitative estimate of drug-likeness (QED) is 0.195. The Morgan fingerprint density at radius 3 is 2.62 bits per heavy atom. The first-order chi connectivity index (χ1) is 11.4. The number of amidine groups is 1. The Kier molecular flexibility index (Phi) is 7.70. The van der Waals surface area contributed by atoms with Crippen molar-refractivity contribution < 1.29 is 23.8 Å². The van der Waals surface area contributed by atoms with Crippen LogP contribution in [0.3, 0.4) is 0 Å². The molecular formula is C15H17ClFN3O4. The number of hydrogen-bond donors (Lipinski definition) is 2. The Balaban J connectivity index is 3.12. The van der Waals surface area contributed by atoms with Gasteiger partial charge in [-0.25, -0.2) is 9.18 Å². The minimum absolute atomic E-state index is 0.00594. The normalized spacial score (nSPS) is 12.9. The van der Waals surface area contributed by atoms with Gasteiger partial charge >= 0.3 is 5.97 Å². The minimum atomic E-state index is -0.927. The molecule has 0 heterocycles. The average Bonchev–Trinajstić information content (AvgIpc) is 2.51. The van der Waals surface area contributed by atoms with Gasteiger partial charge in [-0.05, 0) is 26.0 Å². The number of nitrogens with zero attached hydrogens (tertiary/aromatic N) is 2. The molecule has 0 aliphatic carbocycles. The summed E-state index contributed by atoms with van der Waals surface area (Å²) in [4.78, 5) is 11.8. The van der Waals surface area contributed by atoms with Crippen LogP contribution in [0.1, 0.15) is 19.4 Å². The number of carbonyl (C=O) groups excluding carboxylic acids is 1. The lowest BCUT2D eigenvalue weighted by Gasteiger charge is -2.08. The second-order valence-electron chi connectivity index (χ2n) is 4.20. The third kappa shape index (κ3) is 5.24. The summed E-state index contributed by atoms with van der Waals surface area (Å²) in [6, 6.07) is 4.11. The van der Waals surface area contributed by atoms with Crippen LogP contribution in [-0.4, -0.2) is 36.3 Å². The van der Waals surface area contributed by atoms with E-state index < -0.39 is 29.1 Å². The summed E-state index contributed by atoms with van der Waals surface area (Å²) in [7, 11) is 0. The number of aliphatic hydroxyl groups excluding tert-OH is 1. The van der Waals surface area contributed by atoms with Crippen molar-refractivity contribution in [1.82, 2.24) is 0 Å². The topological polar surface area (TPSA) is 107 Å². The molecule has 3 N–H and O–H groups in total. The number of esters is 1. The largest absolute Gasteiger partial charge is 0.480 e. The Morgan fingerprint density at radius 1 is 1.38 bits per heavy atom. The maximum Gasteiger partial charge on any atom is 0.349 e. The van der Waals surface area contributed by atoms with Crippen molar-refractivity contribution in [3.05, 3.63) is 46.1 Å². The first-order valence-electron chi connectivity index (χ1n) is 6.96. The first-order valence-corrected chi connectivity index (χ1v) is 7.34. The Labute approximate surface area is 143 Å². The van der Waals surface area contributed by atoms with Gasteiger partial charge in [0, 0.05) is 5.56 Å². The molecule has 0 aromatic heterocycles. The number of ether oxygens (including phenoxy) is 2. The summed E-state index contributed by atoms with van der Waals surface area (Å²) < 4.78 is 23.2. The minimum Gasteiger partial charge on any atom is -0.480 e. The monoisotopic (exact) mass is 357 g/mol. The third-order valence-electron chi connectivity index (χ3n) is 2.58. The third-order valence-corrected chi connectivity index (χ3v) is 2.91. The van der Waals surface area contributed by atoms with E-state index in [2.05, 4.69) is 10.2 Å². The van der Waals surface area contributed by atoms with Crippen LogP contribution in [0, 0.1) is 5.82 Å². The molecule has 24 heavy (non-hydrogen) atoms. The zero-order chi connectivity index (χ0) is 18.1. The second kappa shape index (κ2) is 9.51. The van der Waals surface area contributed by atoms with Crippen LogP contribution in [0.2, 0.25) is 5.02 Å². The van der Waals surface area contributed by atoms with Crippen LogP contribution >= 0.6 is 11.6 Å². The summed E-state index contributed by atoms with van der Waals surface area (Å²) in [6.07, 6.45) is 1.03. The lowest BCUT2D eigenvalue weighted by molar-refractivity contribution is -0.138. The van der Waals surface area contributed by atoms with Crippen LogP contribution in [0.25, 0.3) is 0 Å². The summed E-state index contributed by atoms with van der Waals surface area (Å²) in [5.41, 5.74) is 5.16. The predicted octanol–water partition coefficient (Wildman–Crippen LogP) is 2.54. The maximum atomic E-state index is 13.6. The highest BCUT2D eigenvalue weighted by Gasteiger charge is 2.22. The Bertz CT molecular complexity index is 669. The molecule has 0 aliphatic heterocycles. The summed E-state index contributed by atoms with van der Waals surface area (Å²) in [5, 5.41) is 17.0. The maximum absolute atomic E-state index is 13.6. The first kappa shape index (κ1) is 19.4. The van der Waals surface area contributed by atoms with Crippen molar-refractivity contribution in [3.63, 3.8) is 0 Å².